The molecule has 80 valence electrons. The first kappa shape index (κ1) is 10.1. The van der Waals surface area contributed by atoms with Gasteiger partial charge in [-0.1, -0.05) is 0 Å². The van der Waals surface area contributed by atoms with Gasteiger partial charge in [0.15, 0.2) is 0 Å². The van der Waals surface area contributed by atoms with Crippen LogP contribution in [0.15, 0.2) is 0 Å². The van der Waals surface area contributed by atoms with E-state index in [0.717, 1.165) is 25.9 Å². The van der Waals surface area contributed by atoms with Gasteiger partial charge in [-0.3, -0.25) is 4.79 Å². The molecule has 2 fully saturated rings. The number of rotatable bonds is 2. The van der Waals surface area contributed by atoms with Crippen molar-refractivity contribution in [2.24, 2.45) is 11.3 Å². The van der Waals surface area contributed by atoms with Crippen LogP contribution in [0.2, 0.25) is 0 Å². The Bertz CT molecular complexity index is 227. The van der Waals surface area contributed by atoms with Gasteiger partial charge in [0.25, 0.3) is 0 Å². The minimum Gasteiger partial charge on any atom is -0.379 e. The Morgan fingerprint density at radius 2 is 1.93 bits per heavy atom. The predicted octanol–water partition coefficient (Wildman–Crippen LogP) is 0.934. The summed E-state index contributed by atoms with van der Waals surface area (Å²) in [6.07, 6.45) is 2.30. The van der Waals surface area contributed by atoms with Crippen molar-refractivity contribution in [3.05, 3.63) is 0 Å². The molecule has 14 heavy (non-hydrogen) atoms. The van der Waals surface area contributed by atoms with Crippen LogP contribution in [0, 0.1) is 11.3 Å². The van der Waals surface area contributed by atoms with Crippen LogP contribution in [0.3, 0.4) is 0 Å². The smallest absolute Gasteiger partial charge is 0.140 e. The third kappa shape index (κ3) is 1.48. The van der Waals surface area contributed by atoms with Gasteiger partial charge in [-0.2, -0.15) is 0 Å². The Hall–Kier alpha value is -0.410. The number of piperidine rings is 1. The first-order valence-corrected chi connectivity index (χ1v) is 5.42. The van der Waals surface area contributed by atoms with E-state index in [1.54, 1.807) is 6.92 Å². The SMILES string of the molecule is CC(=O)C1(C2CCN(C)CC2)COC1. The average Bonchev–Trinajstić information content (AvgIpc) is 2.05. The number of ketones is 1. The summed E-state index contributed by atoms with van der Waals surface area (Å²) >= 11 is 0. The molecule has 2 saturated heterocycles. The van der Waals surface area contributed by atoms with Crippen molar-refractivity contribution < 1.29 is 9.53 Å². The minimum absolute atomic E-state index is 0.110. The number of hydrogen-bond donors (Lipinski definition) is 0. The fourth-order valence-corrected chi connectivity index (χ4v) is 2.61. The van der Waals surface area contributed by atoms with Crippen LogP contribution >= 0.6 is 0 Å². The first-order valence-electron chi connectivity index (χ1n) is 5.42. The molecule has 0 aromatic rings. The van der Waals surface area contributed by atoms with E-state index in [4.69, 9.17) is 4.74 Å². The summed E-state index contributed by atoms with van der Waals surface area (Å²) < 4.78 is 5.25. The Kier molecular flexibility index (Phi) is 2.62. The van der Waals surface area contributed by atoms with Gasteiger partial charge in [0.2, 0.25) is 0 Å². The van der Waals surface area contributed by atoms with Crippen LogP contribution in [-0.2, 0) is 9.53 Å². The molecule has 0 saturated carbocycles. The molecule has 0 aliphatic carbocycles. The molecule has 3 heteroatoms. The second-order valence-corrected chi connectivity index (χ2v) is 4.78. The fourth-order valence-electron chi connectivity index (χ4n) is 2.61. The van der Waals surface area contributed by atoms with E-state index in [-0.39, 0.29) is 5.41 Å². The van der Waals surface area contributed by atoms with Gasteiger partial charge >= 0.3 is 0 Å². The number of nitrogens with zero attached hydrogens (tertiary/aromatic N) is 1. The summed E-state index contributed by atoms with van der Waals surface area (Å²) in [5.74, 6) is 0.892. The van der Waals surface area contributed by atoms with Crippen molar-refractivity contribution in [1.29, 1.82) is 0 Å². The highest BCUT2D eigenvalue weighted by Crippen LogP contribution is 2.42. The van der Waals surface area contributed by atoms with E-state index in [0.29, 0.717) is 24.9 Å². The van der Waals surface area contributed by atoms with E-state index in [1.165, 1.54) is 0 Å². The number of Topliss-reactive ketones (excluding diaryl/α,β-unsaturated/α-hetero) is 1. The molecular weight excluding hydrogens is 178 g/mol. The van der Waals surface area contributed by atoms with E-state index in [9.17, 15) is 4.79 Å². The quantitative estimate of drug-likeness (QED) is 0.659. The predicted molar refractivity (Wildman–Crippen MR) is 54.2 cm³/mol. The van der Waals surface area contributed by atoms with Crippen molar-refractivity contribution >= 4 is 5.78 Å². The summed E-state index contributed by atoms with van der Waals surface area (Å²) in [6.45, 7) is 5.30. The Morgan fingerprint density at radius 3 is 2.29 bits per heavy atom. The lowest BCUT2D eigenvalue weighted by molar-refractivity contribution is -0.174. The molecule has 0 aromatic heterocycles. The zero-order chi connectivity index (χ0) is 10.2. The van der Waals surface area contributed by atoms with Crippen molar-refractivity contribution in [3.8, 4) is 0 Å². The molecule has 2 rings (SSSR count). The molecule has 0 aromatic carbocycles. The molecule has 0 atom stereocenters. The summed E-state index contributed by atoms with van der Waals surface area (Å²) in [4.78, 5) is 14.0. The van der Waals surface area contributed by atoms with Gasteiger partial charge in [-0.05, 0) is 45.8 Å². The number of hydrogen-bond acceptors (Lipinski definition) is 3. The molecule has 0 unspecified atom stereocenters. The molecule has 0 bridgehead atoms. The Balaban J connectivity index is 2.02. The number of carbonyl (C=O) groups excluding carboxylic acids is 1. The van der Waals surface area contributed by atoms with Crippen LogP contribution in [0.25, 0.3) is 0 Å². The molecular formula is C11H19NO2. The van der Waals surface area contributed by atoms with E-state index >= 15 is 0 Å². The monoisotopic (exact) mass is 197 g/mol. The third-order valence-corrected chi connectivity index (χ3v) is 3.92. The topological polar surface area (TPSA) is 29.5 Å². The molecule has 2 heterocycles. The Labute approximate surface area is 85.4 Å². The van der Waals surface area contributed by atoms with Gasteiger partial charge in [0.1, 0.15) is 5.78 Å². The normalized spacial score (nSPS) is 28.4. The highest BCUT2D eigenvalue weighted by molar-refractivity contribution is 5.83. The zero-order valence-corrected chi connectivity index (χ0v) is 9.08. The lowest BCUT2D eigenvalue weighted by atomic mass is 9.67. The van der Waals surface area contributed by atoms with Crippen molar-refractivity contribution in [1.82, 2.24) is 4.90 Å². The van der Waals surface area contributed by atoms with E-state index in [1.807, 2.05) is 0 Å². The summed E-state index contributed by atoms with van der Waals surface area (Å²) in [5, 5.41) is 0. The number of likely N-dealkylation sites (tertiary alicyclic amines) is 1. The molecule has 3 nitrogen and oxygen atoms in total. The molecule has 0 radical (unpaired) electrons. The van der Waals surface area contributed by atoms with E-state index in [2.05, 4.69) is 11.9 Å². The van der Waals surface area contributed by atoms with Gasteiger partial charge in [0.05, 0.1) is 18.6 Å². The first-order chi connectivity index (χ1) is 6.65. The Morgan fingerprint density at radius 1 is 1.36 bits per heavy atom. The summed E-state index contributed by atoms with van der Waals surface area (Å²) in [6, 6.07) is 0. The van der Waals surface area contributed by atoms with Gasteiger partial charge in [-0.25, -0.2) is 0 Å². The van der Waals surface area contributed by atoms with E-state index < -0.39 is 0 Å². The fraction of sp³-hybridized carbons (Fsp3) is 0.909. The summed E-state index contributed by atoms with van der Waals surface area (Å²) in [7, 11) is 2.15. The number of ether oxygens (including phenoxy) is 1. The average molecular weight is 197 g/mol. The van der Waals surface area contributed by atoms with Crippen LogP contribution in [0.4, 0.5) is 0 Å². The second kappa shape index (κ2) is 3.63. The summed E-state index contributed by atoms with van der Waals surface area (Å²) in [5.41, 5.74) is -0.110. The number of carbonyl (C=O) groups is 1. The maximum Gasteiger partial charge on any atom is 0.140 e. The van der Waals surface area contributed by atoms with Crippen LogP contribution in [-0.4, -0.2) is 44.0 Å². The van der Waals surface area contributed by atoms with Crippen LogP contribution in [0.1, 0.15) is 19.8 Å². The maximum atomic E-state index is 11.6. The standard InChI is InChI=1S/C11H19NO2/c1-9(13)11(7-14-8-11)10-3-5-12(2)6-4-10/h10H,3-8H2,1-2H3. The molecule has 0 N–H and O–H groups in total. The lowest BCUT2D eigenvalue weighted by Gasteiger charge is -2.47. The highest BCUT2D eigenvalue weighted by atomic mass is 16.5. The third-order valence-electron chi connectivity index (χ3n) is 3.92. The highest BCUT2D eigenvalue weighted by Gasteiger charge is 2.49. The van der Waals surface area contributed by atoms with Crippen LogP contribution < -0.4 is 0 Å². The second-order valence-electron chi connectivity index (χ2n) is 4.78. The minimum atomic E-state index is -0.110. The van der Waals surface area contributed by atoms with Gasteiger partial charge < -0.3 is 9.64 Å². The van der Waals surface area contributed by atoms with Gasteiger partial charge in [0, 0.05) is 0 Å². The van der Waals surface area contributed by atoms with Gasteiger partial charge in [-0.15, -0.1) is 0 Å². The molecule has 0 spiro atoms. The maximum absolute atomic E-state index is 11.6. The van der Waals surface area contributed by atoms with Crippen molar-refractivity contribution in [3.63, 3.8) is 0 Å². The molecule has 0 amide bonds. The van der Waals surface area contributed by atoms with Crippen molar-refractivity contribution in [2.75, 3.05) is 33.4 Å². The largest absolute Gasteiger partial charge is 0.379 e. The molecule has 2 aliphatic heterocycles. The molecule has 2 aliphatic rings. The van der Waals surface area contributed by atoms with Crippen LogP contribution in [0.5, 0.6) is 0 Å². The lowest BCUT2D eigenvalue weighted by Crippen LogP contribution is -2.55. The van der Waals surface area contributed by atoms with Crippen molar-refractivity contribution in [2.45, 2.75) is 19.8 Å². The zero-order valence-electron chi connectivity index (χ0n) is 9.08.